The number of nitrogens with zero attached hydrogens (tertiary/aromatic N) is 1. The number of hydrogen-bond donors (Lipinski definition) is 0. The zero-order valence-electron chi connectivity index (χ0n) is 13.3. The number of likely N-dealkylation sites (tertiary alicyclic amines) is 1. The van der Waals surface area contributed by atoms with Crippen molar-refractivity contribution in [3.05, 3.63) is 20.8 Å². The predicted molar refractivity (Wildman–Crippen MR) is 99.2 cm³/mol. The Hall–Kier alpha value is 0.1000. The van der Waals surface area contributed by atoms with Gasteiger partial charge < -0.3 is 0 Å². The normalized spacial score (nSPS) is 31.0. The van der Waals surface area contributed by atoms with Gasteiger partial charge >= 0.3 is 0 Å². The van der Waals surface area contributed by atoms with Crippen LogP contribution in [0.2, 0.25) is 0 Å². The lowest BCUT2D eigenvalue weighted by Crippen LogP contribution is -2.57. The Balaban J connectivity index is 0.00000176. The highest BCUT2D eigenvalue weighted by Gasteiger charge is 2.52. The number of halogens is 2. The third-order valence-corrected chi connectivity index (χ3v) is 7.46. The summed E-state index contributed by atoms with van der Waals surface area (Å²) < 4.78 is 1.15. The van der Waals surface area contributed by atoms with Crippen molar-refractivity contribution in [1.29, 1.82) is 0 Å². The third-order valence-electron chi connectivity index (χ3n) is 5.65. The lowest BCUT2D eigenvalue weighted by Gasteiger charge is -2.48. The smallest absolute Gasteiger partial charge is 0.161 e. The van der Waals surface area contributed by atoms with Gasteiger partial charge in [0.25, 0.3) is 0 Å². The summed E-state index contributed by atoms with van der Waals surface area (Å²) in [5, 5.41) is 0. The molecule has 2 unspecified atom stereocenters. The summed E-state index contributed by atoms with van der Waals surface area (Å²) in [5.41, 5.74) is -0.219. The summed E-state index contributed by atoms with van der Waals surface area (Å²) in [6.07, 6.45) is 7.34. The van der Waals surface area contributed by atoms with Crippen LogP contribution >= 0.6 is 39.7 Å². The van der Waals surface area contributed by atoms with Gasteiger partial charge in [-0.25, -0.2) is 0 Å². The highest BCUT2D eigenvalue weighted by Crippen LogP contribution is 2.49. The number of hydrogen-bond acceptors (Lipinski definition) is 3. The second-order valence-corrected chi connectivity index (χ2v) is 9.14. The molecule has 0 radical (unpaired) electrons. The molecule has 5 heteroatoms. The minimum absolute atomic E-state index is 0. The molecule has 2 fully saturated rings. The average Bonchev–Trinajstić information content (AvgIpc) is 2.93. The van der Waals surface area contributed by atoms with Gasteiger partial charge in [0, 0.05) is 4.88 Å². The maximum atomic E-state index is 13.3. The van der Waals surface area contributed by atoms with Crippen LogP contribution in [-0.4, -0.2) is 30.3 Å². The number of thiophene rings is 1. The number of Topliss-reactive ketones (excluding diaryl/α,β-unsaturated/α-hetero) is 1. The molecule has 124 valence electrons. The molecule has 2 nitrogen and oxygen atoms in total. The van der Waals surface area contributed by atoms with Crippen molar-refractivity contribution in [2.45, 2.75) is 56.9 Å². The van der Waals surface area contributed by atoms with E-state index in [0.29, 0.717) is 11.7 Å². The Morgan fingerprint density at radius 1 is 1.27 bits per heavy atom. The molecule has 0 bridgehead atoms. The van der Waals surface area contributed by atoms with E-state index in [2.05, 4.69) is 46.9 Å². The monoisotopic (exact) mass is 405 g/mol. The molecule has 0 spiro atoms. The van der Waals surface area contributed by atoms with Gasteiger partial charge in [0.15, 0.2) is 5.78 Å². The first-order valence-corrected chi connectivity index (χ1v) is 9.67. The number of carbonyl (C=O) groups is 1. The molecule has 3 rings (SSSR count). The van der Waals surface area contributed by atoms with Crippen LogP contribution in [0, 0.1) is 5.92 Å². The van der Waals surface area contributed by atoms with E-state index < -0.39 is 0 Å². The summed E-state index contributed by atoms with van der Waals surface area (Å²) in [6, 6.07) is 4.35. The Morgan fingerprint density at radius 2 is 1.95 bits per heavy atom. The van der Waals surface area contributed by atoms with Crippen molar-refractivity contribution in [3.8, 4) is 0 Å². The van der Waals surface area contributed by atoms with E-state index in [0.717, 1.165) is 16.8 Å². The molecule has 1 aliphatic heterocycles. The molecule has 2 aliphatic rings. The van der Waals surface area contributed by atoms with Crippen molar-refractivity contribution < 1.29 is 4.79 Å². The van der Waals surface area contributed by atoms with Gasteiger partial charge in [-0.2, -0.15) is 0 Å². The Kier molecular flexibility index (Phi) is 6.14. The molecular formula is C17H25BrClNOS. The molecular weight excluding hydrogens is 382 g/mol. The quantitative estimate of drug-likeness (QED) is 0.685. The number of likely N-dealkylation sites (N-methyl/N-ethyl adjacent to an activating group) is 1. The van der Waals surface area contributed by atoms with Crippen LogP contribution in [0.3, 0.4) is 0 Å². The zero-order chi connectivity index (χ0) is 15.0. The van der Waals surface area contributed by atoms with E-state index in [-0.39, 0.29) is 23.9 Å². The molecule has 0 amide bonds. The molecule has 1 aliphatic carbocycles. The van der Waals surface area contributed by atoms with Gasteiger partial charge in [-0.15, -0.1) is 23.7 Å². The van der Waals surface area contributed by atoms with Crippen LogP contribution in [0.4, 0.5) is 0 Å². The Bertz CT molecular complexity index is 528. The Morgan fingerprint density at radius 3 is 2.55 bits per heavy atom. The van der Waals surface area contributed by atoms with Gasteiger partial charge in [0.2, 0.25) is 0 Å². The number of rotatable bonds is 2. The highest BCUT2D eigenvalue weighted by atomic mass is 79.9. The lowest BCUT2D eigenvalue weighted by molar-refractivity contribution is -0.136. The van der Waals surface area contributed by atoms with Crippen LogP contribution in [0.1, 0.15) is 50.3 Å². The average molecular weight is 407 g/mol. The molecule has 2 atom stereocenters. The fraction of sp³-hybridized carbons (Fsp3) is 0.706. The van der Waals surface area contributed by atoms with Gasteiger partial charge in [0.05, 0.1) is 15.2 Å². The van der Waals surface area contributed by atoms with E-state index in [4.69, 9.17) is 0 Å². The second-order valence-electron chi connectivity index (χ2n) is 6.68. The SMILES string of the molecule is CC1C(=O)C(c2ccc(Br)s2)(C2CCCCC2)CCN1C.Cl. The van der Waals surface area contributed by atoms with E-state index in [1.54, 1.807) is 11.3 Å². The van der Waals surface area contributed by atoms with Crippen LogP contribution in [0.25, 0.3) is 0 Å². The lowest BCUT2D eigenvalue weighted by atomic mass is 9.61. The van der Waals surface area contributed by atoms with E-state index in [9.17, 15) is 4.79 Å². The first-order valence-electron chi connectivity index (χ1n) is 8.06. The van der Waals surface area contributed by atoms with Gasteiger partial charge in [0.1, 0.15) is 0 Å². The van der Waals surface area contributed by atoms with E-state index in [1.807, 2.05) is 0 Å². The molecule has 1 saturated heterocycles. The van der Waals surface area contributed by atoms with Gasteiger partial charge in [-0.05, 0) is 73.8 Å². The minimum atomic E-state index is -0.219. The number of ketones is 1. The summed E-state index contributed by atoms with van der Waals surface area (Å²) in [6.45, 7) is 3.11. The Labute approximate surface area is 152 Å². The standard InChI is InChI=1S/C17H24BrNOS.ClH/c1-12-16(20)17(10-11-19(12)2,13-6-4-3-5-7-13)14-8-9-15(18)21-14;/h8-9,12-13H,3-7,10-11H2,1-2H3;1H. The largest absolute Gasteiger partial charge is 0.297 e. The highest BCUT2D eigenvalue weighted by molar-refractivity contribution is 9.11. The summed E-state index contributed by atoms with van der Waals surface area (Å²) in [7, 11) is 2.08. The molecule has 1 aromatic rings. The van der Waals surface area contributed by atoms with Crippen molar-refractivity contribution in [1.82, 2.24) is 4.90 Å². The number of piperidine rings is 1. The van der Waals surface area contributed by atoms with Crippen molar-refractivity contribution >= 4 is 45.5 Å². The second kappa shape index (κ2) is 7.33. The fourth-order valence-corrected chi connectivity index (χ4v) is 5.93. The molecule has 22 heavy (non-hydrogen) atoms. The van der Waals surface area contributed by atoms with Crippen LogP contribution in [-0.2, 0) is 10.2 Å². The fourth-order valence-electron chi connectivity index (χ4n) is 4.24. The molecule has 1 saturated carbocycles. The van der Waals surface area contributed by atoms with Gasteiger partial charge in [-0.3, -0.25) is 9.69 Å². The van der Waals surface area contributed by atoms with Crippen LogP contribution in [0.5, 0.6) is 0 Å². The molecule has 0 aromatic carbocycles. The summed E-state index contributed by atoms with van der Waals surface area (Å²) in [5.74, 6) is 0.998. The first-order chi connectivity index (χ1) is 10.1. The van der Waals surface area contributed by atoms with Crippen molar-refractivity contribution in [3.63, 3.8) is 0 Å². The van der Waals surface area contributed by atoms with Gasteiger partial charge in [-0.1, -0.05) is 19.3 Å². The first kappa shape index (κ1) is 18.4. The topological polar surface area (TPSA) is 20.3 Å². The van der Waals surface area contributed by atoms with Crippen molar-refractivity contribution in [2.24, 2.45) is 5.92 Å². The maximum absolute atomic E-state index is 13.3. The van der Waals surface area contributed by atoms with Crippen molar-refractivity contribution in [2.75, 3.05) is 13.6 Å². The van der Waals surface area contributed by atoms with Crippen LogP contribution in [0.15, 0.2) is 15.9 Å². The van der Waals surface area contributed by atoms with E-state index in [1.165, 1.54) is 37.0 Å². The van der Waals surface area contributed by atoms with Crippen LogP contribution < -0.4 is 0 Å². The predicted octanol–water partition coefficient (Wildman–Crippen LogP) is 5.04. The summed E-state index contributed by atoms with van der Waals surface area (Å²) in [4.78, 5) is 16.8. The molecule has 0 N–H and O–H groups in total. The van der Waals surface area contributed by atoms with E-state index >= 15 is 0 Å². The summed E-state index contributed by atoms with van der Waals surface area (Å²) >= 11 is 5.36. The number of carbonyl (C=O) groups excluding carboxylic acids is 1. The zero-order valence-corrected chi connectivity index (χ0v) is 16.5. The third kappa shape index (κ3) is 3.04. The molecule has 2 heterocycles. The maximum Gasteiger partial charge on any atom is 0.161 e. The molecule has 1 aromatic heterocycles. The minimum Gasteiger partial charge on any atom is -0.297 e.